The molecular formula is C12H20INO2. The van der Waals surface area contributed by atoms with Crippen LogP contribution in [0.5, 0.6) is 0 Å². The van der Waals surface area contributed by atoms with Crippen LogP contribution in [0.4, 0.5) is 0 Å². The fourth-order valence-corrected chi connectivity index (χ4v) is 2.55. The third-order valence-electron chi connectivity index (χ3n) is 2.58. The van der Waals surface area contributed by atoms with E-state index in [-0.39, 0.29) is 11.8 Å². The summed E-state index contributed by atoms with van der Waals surface area (Å²) in [6.07, 6.45) is 5.32. The number of alkyl halides is 1. The van der Waals surface area contributed by atoms with Crippen LogP contribution in [0.1, 0.15) is 46.0 Å². The Labute approximate surface area is 111 Å². The maximum absolute atomic E-state index is 11.4. The van der Waals surface area contributed by atoms with Gasteiger partial charge in [-0.25, -0.2) is 4.79 Å². The Kier molecular flexibility index (Phi) is 5.72. The van der Waals surface area contributed by atoms with Crippen molar-refractivity contribution in [2.24, 2.45) is 5.92 Å². The molecule has 0 aromatic heterocycles. The van der Waals surface area contributed by atoms with Crippen molar-refractivity contribution in [2.75, 3.05) is 0 Å². The molecule has 1 unspecified atom stereocenters. The van der Waals surface area contributed by atoms with Crippen LogP contribution in [-0.4, -0.2) is 21.7 Å². The second-order valence-corrected chi connectivity index (χ2v) is 6.51. The lowest BCUT2D eigenvalue weighted by Gasteiger charge is -2.11. The number of rotatable bonds is 7. The Morgan fingerprint density at radius 3 is 2.62 bits per heavy atom. The van der Waals surface area contributed by atoms with Crippen molar-refractivity contribution in [3.05, 3.63) is 0 Å². The predicted octanol–water partition coefficient (Wildman–Crippen LogP) is 3.34. The van der Waals surface area contributed by atoms with Crippen LogP contribution in [0.3, 0.4) is 0 Å². The number of hydrogen-bond donors (Lipinski definition) is 1. The standard InChI is InChI=1S/C12H20INO2/c1-8(2)16-12(15)11(14)6-5-10(13)7-9-3-4-9/h8-10,14H,3-7H2,1-2H3. The highest BCUT2D eigenvalue weighted by Gasteiger charge is 2.24. The van der Waals surface area contributed by atoms with Gasteiger partial charge in [0.25, 0.3) is 0 Å². The van der Waals surface area contributed by atoms with Gasteiger partial charge in [0.15, 0.2) is 0 Å². The monoisotopic (exact) mass is 337 g/mol. The summed E-state index contributed by atoms with van der Waals surface area (Å²) in [6, 6.07) is 0. The molecule has 0 aromatic rings. The largest absolute Gasteiger partial charge is 0.459 e. The number of carbonyl (C=O) groups excluding carboxylic acids is 1. The highest BCUT2D eigenvalue weighted by molar-refractivity contribution is 14.1. The van der Waals surface area contributed by atoms with Crippen molar-refractivity contribution in [3.63, 3.8) is 0 Å². The normalized spacial score (nSPS) is 17.2. The van der Waals surface area contributed by atoms with Crippen molar-refractivity contribution >= 4 is 34.3 Å². The molecule has 0 amide bonds. The fourth-order valence-electron chi connectivity index (χ4n) is 1.52. The molecular weight excluding hydrogens is 317 g/mol. The first-order valence-corrected chi connectivity index (χ1v) is 7.16. The smallest absolute Gasteiger partial charge is 0.352 e. The van der Waals surface area contributed by atoms with Gasteiger partial charge in [-0.1, -0.05) is 35.4 Å². The second kappa shape index (κ2) is 6.57. The summed E-state index contributed by atoms with van der Waals surface area (Å²) in [5.74, 6) is 0.462. The molecule has 0 spiro atoms. The average molecular weight is 337 g/mol. The van der Waals surface area contributed by atoms with Crippen molar-refractivity contribution in [1.82, 2.24) is 0 Å². The Balaban J connectivity index is 2.14. The van der Waals surface area contributed by atoms with Crippen molar-refractivity contribution in [2.45, 2.75) is 56.0 Å². The van der Waals surface area contributed by atoms with E-state index in [1.165, 1.54) is 19.3 Å². The summed E-state index contributed by atoms with van der Waals surface area (Å²) in [6.45, 7) is 3.61. The van der Waals surface area contributed by atoms with E-state index in [0.29, 0.717) is 10.3 Å². The van der Waals surface area contributed by atoms with Crippen molar-refractivity contribution < 1.29 is 9.53 Å². The summed E-state index contributed by atoms with van der Waals surface area (Å²) < 4.78 is 5.57. The Bertz CT molecular complexity index is 262. The number of hydrogen-bond acceptors (Lipinski definition) is 3. The van der Waals surface area contributed by atoms with Crippen LogP contribution < -0.4 is 0 Å². The zero-order chi connectivity index (χ0) is 12.1. The van der Waals surface area contributed by atoms with E-state index in [0.717, 1.165) is 12.3 Å². The Hall–Kier alpha value is -0.130. The van der Waals surface area contributed by atoms with E-state index in [4.69, 9.17) is 10.1 Å². The quantitative estimate of drug-likeness (QED) is 0.335. The molecule has 1 atom stereocenters. The Morgan fingerprint density at radius 1 is 1.50 bits per heavy atom. The van der Waals surface area contributed by atoms with Gasteiger partial charge in [-0.2, -0.15) is 0 Å². The van der Waals surface area contributed by atoms with Crippen molar-refractivity contribution in [3.8, 4) is 0 Å². The summed E-state index contributed by atoms with van der Waals surface area (Å²) in [5, 5.41) is 7.60. The highest BCUT2D eigenvalue weighted by atomic mass is 127. The predicted molar refractivity (Wildman–Crippen MR) is 73.3 cm³/mol. The van der Waals surface area contributed by atoms with Crippen LogP contribution in [0.25, 0.3) is 0 Å². The molecule has 1 fully saturated rings. The number of esters is 1. The minimum absolute atomic E-state index is 0.117. The van der Waals surface area contributed by atoms with Gasteiger partial charge >= 0.3 is 5.97 Å². The molecule has 92 valence electrons. The number of ether oxygens (including phenoxy) is 1. The van der Waals surface area contributed by atoms with Crippen LogP contribution >= 0.6 is 22.6 Å². The summed E-state index contributed by atoms with van der Waals surface area (Å²) in [5.41, 5.74) is 0.117. The van der Waals surface area contributed by atoms with E-state index in [1.54, 1.807) is 13.8 Å². The van der Waals surface area contributed by atoms with Crippen molar-refractivity contribution in [1.29, 1.82) is 5.41 Å². The lowest BCUT2D eigenvalue weighted by molar-refractivity contribution is -0.139. The fraction of sp³-hybridized carbons (Fsp3) is 0.833. The number of halogens is 1. The molecule has 0 heterocycles. The van der Waals surface area contributed by atoms with Gasteiger partial charge in [0.05, 0.1) is 6.10 Å². The van der Waals surface area contributed by atoms with Gasteiger partial charge in [-0.3, -0.25) is 5.41 Å². The van der Waals surface area contributed by atoms with E-state index >= 15 is 0 Å². The molecule has 1 aliphatic carbocycles. The van der Waals surface area contributed by atoms with E-state index in [1.807, 2.05) is 0 Å². The summed E-state index contributed by atoms with van der Waals surface area (Å²) >= 11 is 2.43. The molecule has 0 aromatic carbocycles. The summed E-state index contributed by atoms with van der Waals surface area (Å²) in [4.78, 5) is 11.4. The third kappa shape index (κ3) is 5.82. The number of carbonyl (C=O) groups is 1. The van der Waals surface area contributed by atoms with Gasteiger partial charge in [-0.05, 0) is 39.0 Å². The van der Waals surface area contributed by atoms with Crippen LogP contribution in [0.15, 0.2) is 0 Å². The lowest BCUT2D eigenvalue weighted by atomic mass is 10.1. The molecule has 0 aliphatic heterocycles. The van der Waals surface area contributed by atoms with Gasteiger partial charge in [0.1, 0.15) is 5.71 Å². The number of nitrogens with one attached hydrogen (secondary N) is 1. The van der Waals surface area contributed by atoms with Gasteiger partial charge in [-0.15, -0.1) is 0 Å². The van der Waals surface area contributed by atoms with Gasteiger partial charge in [0, 0.05) is 3.92 Å². The molecule has 0 radical (unpaired) electrons. The summed E-state index contributed by atoms with van der Waals surface area (Å²) in [7, 11) is 0. The third-order valence-corrected chi connectivity index (χ3v) is 3.71. The first-order valence-electron chi connectivity index (χ1n) is 5.91. The van der Waals surface area contributed by atoms with Gasteiger partial charge in [0.2, 0.25) is 0 Å². The van der Waals surface area contributed by atoms with Crippen LogP contribution in [-0.2, 0) is 9.53 Å². The maximum atomic E-state index is 11.4. The molecule has 4 heteroatoms. The zero-order valence-corrected chi connectivity index (χ0v) is 12.1. The minimum atomic E-state index is -0.454. The highest BCUT2D eigenvalue weighted by Crippen LogP contribution is 2.36. The lowest BCUT2D eigenvalue weighted by Crippen LogP contribution is -2.21. The first kappa shape index (κ1) is 13.9. The molecule has 1 saturated carbocycles. The maximum Gasteiger partial charge on any atom is 0.352 e. The van der Waals surface area contributed by atoms with Crippen LogP contribution in [0.2, 0.25) is 0 Å². The second-order valence-electron chi connectivity index (χ2n) is 4.75. The minimum Gasteiger partial charge on any atom is -0.459 e. The van der Waals surface area contributed by atoms with E-state index in [9.17, 15) is 4.79 Å². The molecule has 1 aliphatic rings. The van der Waals surface area contributed by atoms with E-state index < -0.39 is 5.97 Å². The molecule has 16 heavy (non-hydrogen) atoms. The SMILES string of the molecule is CC(C)OC(=O)C(=N)CCC(I)CC1CC1. The van der Waals surface area contributed by atoms with Crippen LogP contribution in [0, 0.1) is 11.3 Å². The topological polar surface area (TPSA) is 50.2 Å². The average Bonchev–Trinajstić information content (AvgIpc) is 2.96. The molecule has 0 saturated heterocycles. The van der Waals surface area contributed by atoms with Gasteiger partial charge < -0.3 is 4.74 Å². The molecule has 3 nitrogen and oxygen atoms in total. The molecule has 1 rings (SSSR count). The molecule has 1 N–H and O–H groups in total. The first-order chi connectivity index (χ1) is 7.49. The molecule has 0 bridgehead atoms. The Morgan fingerprint density at radius 2 is 2.12 bits per heavy atom. The van der Waals surface area contributed by atoms with E-state index in [2.05, 4.69) is 22.6 Å². The zero-order valence-electron chi connectivity index (χ0n) is 9.96.